The molecule has 0 fully saturated rings. The van der Waals surface area contributed by atoms with Crippen molar-refractivity contribution in [3.8, 4) is 5.75 Å². The SMILES string of the molecule is CN1C(=O)COc2cccc(NC(=O)c3ccccc3Cl)c21. The van der Waals surface area contributed by atoms with Crippen LogP contribution in [0.2, 0.25) is 5.02 Å². The Morgan fingerprint density at radius 3 is 2.77 bits per heavy atom. The molecule has 1 N–H and O–H groups in total. The molecule has 2 amide bonds. The van der Waals surface area contributed by atoms with Crippen LogP contribution in [0.1, 0.15) is 10.4 Å². The zero-order valence-electron chi connectivity index (χ0n) is 11.8. The largest absolute Gasteiger partial charge is 0.481 e. The first-order valence-corrected chi connectivity index (χ1v) is 7.04. The summed E-state index contributed by atoms with van der Waals surface area (Å²) in [5.74, 6) is 0.0384. The van der Waals surface area contributed by atoms with Crippen LogP contribution in [0.15, 0.2) is 42.5 Å². The maximum absolute atomic E-state index is 12.4. The molecule has 6 heteroatoms. The highest BCUT2D eigenvalue weighted by atomic mass is 35.5. The zero-order valence-corrected chi connectivity index (χ0v) is 12.6. The van der Waals surface area contributed by atoms with Gasteiger partial charge in [-0.3, -0.25) is 9.59 Å². The lowest BCUT2D eigenvalue weighted by Gasteiger charge is -2.28. The molecule has 0 saturated heterocycles. The Morgan fingerprint density at radius 1 is 1.23 bits per heavy atom. The van der Waals surface area contributed by atoms with E-state index in [0.717, 1.165) is 0 Å². The number of carbonyl (C=O) groups is 2. The number of rotatable bonds is 2. The highest BCUT2D eigenvalue weighted by Crippen LogP contribution is 2.38. The van der Waals surface area contributed by atoms with Crippen molar-refractivity contribution in [2.45, 2.75) is 0 Å². The number of hydrogen-bond acceptors (Lipinski definition) is 3. The van der Waals surface area contributed by atoms with Gasteiger partial charge < -0.3 is 15.0 Å². The van der Waals surface area contributed by atoms with E-state index in [4.69, 9.17) is 16.3 Å². The van der Waals surface area contributed by atoms with E-state index in [1.54, 1.807) is 49.5 Å². The fourth-order valence-corrected chi connectivity index (χ4v) is 2.50. The second-order valence-corrected chi connectivity index (χ2v) is 5.23. The van der Waals surface area contributed by atoms with E-state index in [9.17, 15) is 9.59 Å². The number of nitrogens with zero attached hydrogens (tertiary/aromatic N) is 1. The molecular weight excluding hydrogens is 304 g/mol. The molecule has 0 saturated carbocycles. The molecule has 0 bridgehead atoms. The molecule has 0 aromatic heterocycles. The highest BCUT2D eigenvalue weighted by Gasteiger charge is 2.26. The average Bonchev–Trinajstić information content (AvgIpc) is 2.51. The van der Waals surface area contributed by atoms with E-state index in [1.165, 1.54) is 4.90 Å². The maximum atomic E-state index is 12.4. The lowest BCUT2D eigenvalue weighted by atomic mass is 10.1. The first kappa shape index (κ1) is 14.4. The summed E-state index contributed by atoms with van der Waals surface area (Å²) in [5, 5.41) is 3.15. The summed E-state index contributed by atoms with van der Waals surface area (Å²) in [6.07, 6.45) is 0. The number of para-hydroxylation sites is 1. The second kappa shape index (κ2) is 5.69. The summed E-state index contributed by atoms with van der Waals surface area (Å²) in [7, 11) is 1.65. The first-order chi connectivity index (χ1) is 10.6. The Hall–Kier alpha value is -2.53. The Balaban J connectivity index is 1.96. The summed E-state index contributed by atoms with van der Waals surface area (Å²) in [5.41, 5.74) is 1.41. The maximum Gasteiger partial charge on any atom is 0.264 e. The van der Waals surface area contributed by atoms with Gasteiger partial charge in [0.25, 0.3) is 11.8 Å². The van der Waals surface area contributed by atoms with Crippen LogP contribution in [-0.4, -0.2) is 25.5 Å². The number of hydrogen-bond donors (Lipinski definition) is 1. The fourth-order valence-electron chi connectivity index (χ4n) is 2.28. The number of benzene rings is 2. The van der Waals surface area contributed by atoms with Gasteiger partial charge >= 0.3 is 0 Å². The summed E-state index contributed by atoms with van der Waals surface area (Å²) in [6, 6.07) is 12.0. The van der Waals surface area contributed by atoms with Crippen LogP contribution in [0.5, 0.6) is 5.75 Å². The number of fused-ring (bicyclic) bond motifs is 1. The minimum absolute atomic E-state index is 0.00852. The van der Waals surface area contributed by atoms with E-state index >= 15 is 0 Å². The minimum Gasteiger partial charge on any atom is -0.481 e. The Kier molecular flexibility index (Phi) is 3.73. The van der Waals surface area contributed by atoms with Gasteiger partial charge in [0.15, 0.2) is 6.61 Å². The molecular formula is C16H13ClN2O3. The Labute approximate surface area is 132 Å². The van der Waals surface area contributed by atoms with E-state index in [-0.39, 0.29) is 18.4 Å². The number of halogens is 1. The number of anilines is 2. The topological polar surface area (TPSA) is 58.6 Å². The van der Waals surface area contributed by atoms with Gasteiger partial charge in [0, 0.05) is 7.05 Å². The molecule has 3 rings (SSSR count). The van der Waals surface area contributed by atoms with Gasteiger partial charge in [0.2, 0.25) is 0 Å². The van der Waals surface area contributed by atoms with Gasteiger partial charge in [0.1, 0.15) is 11.4 Å². The van der Waals surface area contributed by atoms with Crippen LogP contribution < -0.4 is 15.0 Å². The average molecular weight is 317 g/mol. The molecule has 112 valence electrons. The molecule has 1 heterocycles. The Morgan fingerprint density at radius 2 is 2.00 bits per heavy atom. The van der Waals surface area contributed by atoms with E-state index in [2.05, 4.69) is 5.32 Å². The van der Waals surface area contributed by atoms with Crippen molar-refractivity contribution < 1.29 is 14.3 Å². The third kappa shape index (κ3) is 2.51. The van der Waals surface area contributed by atoms with Crippen LogP contribution in [0, 0.1) is 0 Å². The van der Waals surface area contributed by atoms with E-state index in [0.29, 0.717) is 27.7 Å². The number of nitrogens with one attached hydrogen (secondary N) is 1. The molecule has 1 aliphatic heterocycles. The number of carbonyl (C=O) groups excluding carboxylic acids is 2. The van der Waals surface area contributed by atoms with Gasteiger partial charge in [-0.1, -0.05) is 29.8 Å². The predicted molar refractivity (Wildman–Crippen MR) is 84.8 cm³/mol. The van der Waals surface area contributed by atoms with Crippen LogP contribution in [0.25, 0.3) is 0 Å². The van der Waals surface area contributed by atoms with Crippen LogP contribution in [-0.2, 0) is 4.79 Å². The smallest absolute Gasteiger partial charge is 0.264 e. The third-order valence-electron chi connectivity index (χ3n) is 3.43. The van der Waals surface area contributed by atoms with Crippen molar-refractivity contribution in [2.24, 2.45) is 0 Å². The number of likely N-dealkylation sites (N-methyl/N-ethyl adjacent to an activating group) is 1. The summed E-state index contributed by atoms with van der Waals surface area (Å²) in [6.45, 7) is -0.00852. The number of amides is 2. The lowest BCUT2D eigenvalue weighted by molar-refractivity contribution is -0.120. The van der Waals surface area contributed by atoms with Gasteiger partial charge in [0.05, 0.1) is 16.3 Å². The summed E-state index contributed by atoms with van der Waals surface area (Å²) < 4.78 is 5.39. The van der Waals surface area contributed by atoms with Crippen molar-refractivity contribution in [2.75, 3.05) is 23.9 Å². The molecule has 2 aromatic carbocycles. The molecule has 5 nitrogen and oxygen atoms in total. The first-order valence-electron chi connectivity index (χ1n) is 6.66. The molecule has 0 atom stereocenters. The van der Waals surface area contributed by atoms with Crippen LogP contribution >= 0.6 is 11.6 Å². The van der Waals surface area contributed by atoms with Gasteiger partial charge in [-0.2, -0.15) is 0 Å². The molecule has 0 aliphatic carbocycles. The number of ether oxygens (including phenoxy) is 1. The second-order valence-electron chi connectivity index (χ2n) is 4.83. The third-order valence-corrected chi connectivity index (χ3v) is 3.76. The van der Waals surface area contributed by atoms with E-state index < -0.39 is 0 Å². The monoisotopic (exact) mass is 316 g/mol. The van der Waals surface area contributed by atoms with Crippen molar-refractivity contribution in [3.05, 3.63) is 53.1 Å². The lowest BCUT2D eigenvalue weighted by Crippen LogP contribution is -2.36. The quantitative estimate of drug-likeness (QED) is 0.926. The molecule has 1 aliphatic rings. The molecule has 0 radical (unpaired) electrons. The van der Waals surface area contributed by atoms with Gasteiger partial charge in [-0.25, -0.2) is 0 Å². The molecule has 22 heavy (non-hydrogen) atoms. The Bertz CT molecular complexity index is 761. The highest BCUT2D eigenvalue weighted by molar-refractivity contribution is 6.34. The van der Waals surface area contributed by atoms with Gasteiger partial charge in [-0.05, 0) is 24.3 Å². The van der Waals surface area contributed by atoms with Crippen LogP contribution in [0.3, 0.4) is 0 Å². The van der Waals surface area contributed by atoms with Gasteiger partial charge in [-0.15, -0.1) is 0 Å². The zero-order chi connectivity index (χ0) is 15.7. The van der Waals surface area contributed by atoms with E-state index in [1.807, 2.05) is 0 Å². The normalized spacial score (nSPS) is 13.4. The molecule has 0 spiro atoms. The summed E-state index contributed by atoms with van der Waals surface area (Å²) >= 11 is 6.03. The molecule has 2 aromatic rings. The summed E-state index contributed by atoms with van der Waals surface area (Å²) in [4.78, 5) is 25.6. The van der Waals surface area contributed by atoms with Crippen molar-refractivity contribution in [1.82, 2.24) is 0 Å². The predicted octanol–water partition coefficient (Wildman–Crippen LogP) is 2.95. The van der Waals surface area contributed by atoms with Crippen molar-refractivity contribution in [1.29, 1.82) is 0 Å². The minimum atomic E-state index is -0.342. The fraction of sp³-hybridized carbons (Fsp3) is 0.125. The van der Waals surface area contributed by atoms with Crippen molar-refractivity contribution >= 4 is 34.8 Å². The van der Waals surface area contributed by atoms with Crippen LogP contribution in [0.4, 0.5) is 11.4 Å². The standard InChI is InChI=1S/C16H13ClN2O3/c1-19-14(20)9-22-13-8-4-7-12(15(13)19)18-16(21)10-5-2-3-6-11(10)17/h2-8H,9H2,1H3,(H,18,21). The van der Waals surface area contributed by atoms with Crippen molar-refractivity contribution in [3.63, 3.8) is 0 Å². The molecule has 0 unspecified atom stereocenters.